The second-order valence-corrected chi connectivity index (χ2v) is 5.07. The van der Waals surface area contributed by atoms with Gasteiger partial charge in [-0.2, -0.15) is 0 Å². The summed E-state index contributed by atoms with van der Waals surface area (Å²) in [5, 5.41) is 0.409. The molecular weight excluding hydrogens is 316 g/mol. The van der Waals surface area contributed by atoms with Gasteiger partial charge in [-0.25, -0.2) is 0 Å². The van der Waals surface area contributed by atoms with Crippen LogP contribution in [0.5, 0.6) is 11.5 Å². The molecular formula is C14H10BrClO2. The lowest BCUT2D eigenvalue weighted by Gasteiger charge is -2.11. The largest absolute Gasteiger partial charge is 0.454 e. The van der Waals surface area contributed by atoms with Gasteiger partial charge in [0, 0.05) is 0 Å². The molecule has 0 saturated heterocycles. The van der Waals surface area contributed by atoms with Gasteiger partial charge in [-0.05, 0) is 52.7 Å². The van der Waals surface area contributed by atoms with Crippen LogP contribution < -0.4 is 4.74 Å². The summed E-state index contributed by atoms with van der Waals surface area (Å²) in [7, 11) is 0. The average Bonchev–Trinajstić information content (AvgIpc) is 2.34. The van der Waals surface area contributed by atoms with E-state index in [1.165, 1.54) is 0 Å². The summed E-state index contributed by atoms with van der Waals surface area (Å²) < 4.78 is 6.53. The van der Waals surface area contributed by atoms with Gasteiger partial charge in [0.25, 0.3) is 0 Å². The van der Waals surface area contributed by atoms with E-state index in [0.717, 1.165) is 16.3 Å². The SMILES string of the molecule is Cc1ccc(Oc2c(Cl)cccc2C=O)c(Br)c1. The summed E-state index contributed by atoms with van der Waals surface area (Å²) in [4.78, 5) is 11.0. The van der Waals surface area contributed by atoms with E-state index in [-0.39, 0.29) is 0 Å². The molecule has 0 amide bonds. The van der Waals surface area contributed by atoms with Crippen LogP contribution >= 0.6 is 27.5 Å². The highest BCUT2D eigenvalue weighted by molar-refractivity contribution is 9.10. The van der Waals surface area contributed by atoms with Crippen molar-refractivity contribution < 1.29 is 9.53 Å². The Morgan fingerprint density at radius 2 is 2.06 bits per heavy atom. The zero-order valence-electron chi connectivity index (χ0n) is 9.61. The first-order valence-corrected chi connectivity index (χ1v) is 6.46. The lowest BCUT2D eigenvalue weighted by Crippen LogP contribution is -1.92. The molecule has 0 fully saturated rings. The van der Waals surface area contributed by atoms with Crippen LogP contribution in [0.3, 0.4) is 0 Å². The van der Waals surface area contributed by atoms with Crippen LogP contribution in [0.15, 0.2) is 40.9 Å². The van der Waals surface area contributed by atoms with Crippen LogP contribution in [0.4, 0.5) is 0 Å². The highest BCUT2D eigenvalue weighted by Crippen LogP contribution is 2.35. The summed E-state index contributed by atoms with van der Waals surface area (Å²) in [6.07, 6.45) is 0.726. The maximum atomic E-state index is 11.0. The quantitative estimate of drug-likeness (QED) is 0.741. The Morgan fingerprint density at radius 1 is 1.28 bits per heavy atom. The van der Waals surface area contributed by atoms with E-state index in [2.05, 4.69) is 15.9 Å². The topological polar surface area (TPSA) is 26.3 Å². The third kappa shape index (κ3) is 2.74. The number of carbonyl (C=O) groups is 1. The monoisotopic (exact) mass is 324 g/mol. The van der Waals surface area contributed by atoms with Crippen molar-refractivity contribution in [2.75, 3.05) is 0 Å². The first-order valence-electron chi connectivity index (χ1n) is 5.29. The Kier molecular flexibility index (Phi) is 4.04. The van der Waals surface area contributed by atoms with Crippen LogP contribution in [0.25, 0.3) is 0 Å². The molecule has 0 heterocycles. The lowest BCUT2D eigenvalue weighted by atomic mass is 10.2. The number of aryl methyl sites for hydroxylation is 1. The fraction of sp³-hybridized carbons (Fsp3) is 0.0714. The van der Waals surface area contributed by atoms with Crippen molar-refractivity contribution in [3.63, 3.8) is 0 Å². The number of hydrogen-bond donors (Lipinski definition) is 0. The molecule has 2 nitrogen and oxygen atoms in total. The van der Waals surface area contributed by atoms with Gasteiger partial charge < -0.3 is 4.74 Å². The maximum Gasteiger partial charge on any atom is 0.156 e. The summed E-state index contributed by atoms with van der Waals surface area (Å²) in [5.41, 5.74) is 1.54. The minimum Gasteiger partial charge on any atom is -0.454 e. The molecule has 0 N–H and O–H groups in total. The van der Waals surface area contributed by atoms with E-state index in [4.69, 9.17) is 16.3 Å². The second-order valence-electron chi connectivity index (χ2n) is 3.81. The summed E-state index contributed by atoms with van der Waals surface area (Å²) >= 11 is 9.46. The number of para-hydroxylation sites is 1. The number of benzene rings is 2. The molecule has 0 unspecified atom stereocenters. The van der Waals surface area contributed by atoms with Crippen molar-refractivity contribution in [2.45, 2.75) is 6.92 Å². The number of aldehydes is 1. The first kappa shape index (κ1) is 13.1. The molecule has 0 radical (unpaired) electrons. The predicted octanol–water partition coefficient (Wildman–Crippen LogP) is 5.02. The molecule has 0 aliphatic rings. The number of halogens is 2. The number of carbonyl (C=O) groups excluding carboxylic acids is 1. The van der Waals surface area contributed by atoms with Gasteiger partial charge in [0.05, 0.1) is 15.1 Å². The van der Waals surface area contributed by atoms with E-state index in [1.54, 1.807) is 18.2 Å². The maximum absolute atomic E-state index is 11.0. The third-order valence-electron chi connectivity index (χ3n) is 2.42. The van der Waals surface area contributed by atoms with Gasteiger partial charge in [-0.3, -0.25) is 4.79 Å². The normalized spacial score (nSPS) is 10.2. The molecule has 0 atom stereocenters. The van der Waals surface area contributed by atoms with Crippen LogP contribution in [0.2, 0.25) is 5.02 Å². The van der Waals surface area contributed by atoms with E-state index in [1.807, 2.05) is 25.1 Å². The van der Waals surface area contributed by atoms with Crippen molar-refractivity contribution in [2.24, 2.45) is 0 Å². The molecule has 4 heteroatoms. The molecule has 0 saturated carbocycles. The molecule has 0 bridgehead atoms. The van der Waals surface area contributed by atoms with Gasteiger partial charge in [0.15, 0.2) is 12.0 Å². The van der Waals surface area contributed by atoms with Crippen molar-refractivity contribution in [1.82, 2.24) is 0 Å². The molecule has 18 heavy (non-hydrogen) atoms. The van der Waals surface area contributed by atoms with Crippen molar-refractivity contribution in [3.8, 4) is 11.5 Å². The van der Waals surface area contributed by atoms with Gasteiger partial charge in [-0.1, -0.05) is 23.7 Å². The standard InChI is InChI=1S/C14H10BrClO2/c1-9-5-6-13(11(15)7-9)18-14-10(8-17)3-2-4-12(14)16/h2-8H,1H3. The fourth-order valence-corrected chi connectivity index (χ4v) is 2.32. The van der Waals surface area contributed by atoms with E-state index >= 15 is 0 Å². The molecule has 0 aliphatic heterocycles. The zero-order chi connectivity index (χ0) is 13.1. The smallest absolute Gasteiger partial charge is 0.156 e. The highest BCUT2D eigenvalue weighted by atomic mass is 79.9. The minimum atomic E-state index is 0.374. The average molecular weight is 326 g/mol. The van der Waals surface area contributed by atoms with E-state index in [9.17, 15) is 4.79 Å². The Bertz CT molecular complexity index is 596. The lowest BCUT2D eigenvalue weighted by molar-refractivity contribution is 0.112. The molecule has 2 rings (SSSR count). The second kappa shape index (κ2) is 5.55. The van der Waals surface area contributed by atoms with E-state index < -0.39 is 0 Å². The van der Waals surface area contributed by atoms with Crippen molar-refractivity contribution in [3.05, 3.63) is 57.0 Å². The Morgan fingerprint density at radius 3 is 2.72 bits per heavy atom. The number of rotatable bonds is 3. The summed E-state index contributed by atoms with van der Waals surface area (Å²) in [6, 6.07) is 10.8. The van der Waals surface area contributed by atoms with Crippen molar-refractivity contribution >= 4 is 33.8 Å². The van der Waals surface area contributed by atoms with Gasteiger partial charge in [0.2, 0.25) is 0 Å². The van der Waals surface area contributed by atoms with Gasteiger partial charge in [0.1, 0.15) is 5.75 Å². The van der Waals surface area contributed by atoms with Crippen LogP contribution in [0.1, 0.15) is 15.9 Å². The third-order valence-corrected chi connectivity index (χ3v) is 3.34. The molecule has 0 spiro atoms. The van der Waals surface area contributed by atoms with E-state index in [0.29, 0.717) is 22.1 Å². The van der Waals surface area contributed by atoms with Crippen LogP contribution in [-0.4, -0.2) is 6.29 Å². The predicted molar refractivity (Wildman–Crippen MR) is 75.8 cm³/mol. The molecule has 92 valence electrons. The Labute approximate surface area is 119 Å². The summed E-state index contributed by atoms with van der Waals surface area (Å²) in [6.45, 7) is 1.99. The molecule has 0 aromatic heterocycles. The van der Waals surface area contributed by atoms with Crippen LogP contribution in [0, 0.1) is 6.92 Å². The molecule has 2 aromatic rings. The zero-order valence-corrected chi connectivity index (χ0v) is 12.0. The molecule has 0 aliphatic carbocycles. The van der Waals surface area contributed by atoms with Crippen molar-refractivity contribution in [1.29, 1.82) is 0 Å². The minimum absolute atomic E-state index is 0.374. The number of ether oxygens (including phenoxy) is 1. The highest BCUT2D eigenvalue weighted by Gasteiger charge is 2.10. The fourth-order valence-electron chi connectivity index (χ4n) is 1.52. The Balaban J connectivity index is 2.42. The van der Waals surface area contributed by atoms with Gasteiger partial charge in [-0.15, -0.1) is 0 Å². The molecule has 2 aromatic carbocycles. The summed E-state index contributed by atoms with van der Waals surface area (Å²) in [5.74, 6) is 0.996. The van der Waals surface area contributed by atoms with Gasteiger partial charge >= 0.3 is 0 Å². The Hall–Kier alpha value is -1.32. The number of hydrogen-bond acceptors (Lipinski definition) is 2. The first-order chi connectivity index (χ1) is 8.61. The van der Waals surface area contributed by atoms with Crippen LogP contribution in [-0.2, 0) is 0 Å².